The van der Waals surface area contributed by atoms with E-state index in [1.165, 1.54) is 19.3 Å². The summed E-state index contributed by atoms with van der Waals surface area (Å²) in [4.78, 5) is 0. The molecule has 1 aliphatic carbocycles. The molecule has 2 rings (SSSR count). The molecule has 5 heteroatoms. The van der Waals surface area contributed by atoms with Crippen molar-refractivity contribution in [3.8, 4) is 0 Å². The van der Waals surface area contributed by atoms with E-state index in [1.807, 2.05) is 4.68 Å². The summed E-state index contributed by atoms with van der Waals surface area (Å²) in [6.45, 7) is 3.97. The van der Waals surface area contributed by atoms with Crippen molar-refractivity contribution in [2.75, 3.05) is 6.54 Å². The van der Waals surface area contributed by atoms with E-state index in [0.717, 1.165) is 25.3 Å². The minimum absolute atomic E-state index is 0.559. The van der Waals surface area contributed by atoms with Gasteiger partial charge in [0, 0.05) is 0 Å². The summed E-state index contributed by atoms with van der Waals surface area (Å²) in [6, 6.07) is 0.559. The third-order valence-electron chi connectivity index (χ3n) is 2.69. The SMILES string of the molecule is CCCNCc1nnnn1C1CCC1. The Morgan fingerprint density at radius 2 is 2.36 bits per heavy atom. The van der Waals surface area contributed by atoms with Crippen molar-refractivity contribution in [3.05, 3.63) is 5.82 Å². The van der Waals surface area contributed by atoms with E-state index in [4.69, 9.17) is 0 Å². The lowest BCUT2D eigenvalue weighted by Crippen LogP contribution is -2.24. The van der Waals surface area contributed by atoms with Crippen LogP contribution >= 0.6 is 0 Å². The lowest BCUT2D eigenvalue weighted by atomic mass is 9.93. The second-order valence-corrected chi connectivity index (χ2v) is 3.80. The van der Waals surface area contributed by atoms with Gasteiger partial charge in [0.15, 0.2) is 5.82 Å². The van der Waals surface area contributed by atoms with Crippen LogP contribution in [0.4, 0.5) is 0 Å². The van der Waals surface area contributed by atoms with Crippen LogP contribution in [0.5, 0.6) is 0 Å². The van der Waals surface area contributed by atoms with Crippen LogP contribution < -0.4 is 5.32 Å². The molecule has 78 valence electrons. The molecule has 0 bridgehead atoms. The number of nitrogens with one attached hydrogen (secondary N) is 1. The maximum atomic E-state index is 4.03. The largest absolute Gasteiger partial charge is 0.310 e. The molecule has 0 amide bonds. The van der Waals surface area contributed by atoms with Crippen molar-refractivity contribution >= 4 is 0 Å². The fraction of sp³-hybridized carbons (Fsp3) is 0.889. The topological polar surface area (TPSA) is 55.6 Å². The van der Waals surface area contributed by atoms with Gasteiger partial charge in [0.05, 0.1) is 12.6 Å². The molecule has 1 N–H and O–H groups in total. The summed E-state index contributed by atoms with van der Waals surface area (Å²) in [6.07, 6.45) is 4.91. The molecule has 1 aromatic rings. The highest BCUT2D eigenvalue weighted by Gasteiger charge is 2.23. The number of hydrogen-bond donors (Lipinski definition) is 1. The Morgan fingerprint density at radius 3 is 3.00 bits per heavy atom. The second-order valence-electron chi connectivity index (χ2n) is 3.80. The van der Waals surface area contributed by atoms with Crippen molar-refractivity contribution in [1.29, 1.82) is 0 Å². The summed E-state index contributed by atoms with van der Waals surface area (Å²) in [5.74, 6) is 0.975. The van der Waals surface area contributed by atoms with Crippen LogP contribution in [0, 0.1) is 0 Å². The first-order valence-electron chi connectivity index (χ1n) is 5.39. The highest BCUT2D eigenvalue weighted by Crippen LogP contribution is 2.30. The van der Waals surface area contributed by atoms with Gasteiger partial charge >= 0.3 is 0 Å². The minimum Gasteiger partial charge on any atom is -0.310 e. The molecule has 1 aliphatic rings. The highest BCUT2D eigenvalue weighted by molar-refractivity contribution is 4.87. The fourth-order valence-electron chi connectivity index (χ4n) is 1.62. The van der Waals surface area contributed by atoms with Gasteiger partial charge in [0.25, 0.3) is 0 Å². The monoisotopic (exact) mass is 195 g/mol. The van der Waals surface area contributed by atoms with Crippen LogP contribution in [0.2, 0.25) is 0 Å². The van der Waals surface area contributed by atoms with Gasteiger partial charge in [0.1, 0.15) is 0 Å². The quantitative estimate of drug-likeness (QED) is 0.709. The number of rotatable bonds is 5. The Morgan fingerprint density at radius 1 is 1.50 bits per heavy atom. The first kappa shape index (κ1) is 9.58. The van der Waals surface area contributed by atoms with Crippen LogP contribution in [-0.4, -0.2) is 26.8 Å². The van der Waals surface area contributed by atoms with Crippen LogP contribution in [0.25, 0.3) is 0 Å². The van der Waals surface area contributed by atoms with Gasteiger partial charge in [-0.05, 0) is 42.7 Å². The van der Waals surface area contributed by atoms with E-state index < -0.39 is 0 Å². The van der Waals surface area contributed by atoms with Gasteiger partial charge in [-0.15, -0.1) is 5.10 Å². The van der Waals surface area contributed by atoms with Gasteiger partial charge in [-0.3, -0.25) is 0 Å². The number of hydrogen-bond acceptors (Lipinski definition) is 4. The summed E-state index contributed by atoms with van der Waals surface area (Å²) in [5, 5.41) is 15.1. The Bertz CT molecular complexity index is 278. The van der Waals surface area contributed by atoms with Crippen molar-refractivity contribution in [2.45, 2.75) is 45.2 Å². The molecule has 0 saturated heterocycles. The molecule has 0 spiro atoms. The molecule has 1 fully saturated rings. The van der Waals surface area contributed by atoms with E-state index in [-0.39, 0.29) is 0 Å². The van der Waals surface area contributed by atoms with Crippen molar-refractivity contribution < 1.29 is 0 Å². The first-order valence-corrected chi connectivity index (χ1v) is 5.39. The van der Waals surface area contributed by atoms with Crippen molar-refractivity contribution in [1.82, 2.24) is 25.5 Å². The van der Waals surface area contributed by atoms with E-state index in [9.17, 15) is 0 Å². The molecule has 0 aromatic carbocycles. The van der Waals surface area contributed by atoms with Crippen LogP contribution in [0.15, 0.2) is 0 Å². The lowest BCUT2D eigenvalue weighted by molar-refractivity contribution is 0.275. The Hall–Kier alpha value is -0.970. The third kappa shape index (κ3) is 1.92. The molecular weight excluding hydrogens is 178 g/mol. The fourth-order valence-corrected chi connectivity index (χ4v) is 1.62. The zero-order chi connectivity index (χ0) is 9.80. The normalized spacial score (nSPS) is 16.9. The lowest BCUT2D eigenvalue weighted by Gasteiger charge is -2.25. The smallest absolute Gasteiger partial charge is 0.165 e. The van der Waals surface area contributed by atoms with Gasteiger partial charge in [-0.2, -0.15) is 0 Å². The van der Waals surface area contributed by atoms with Crippen molar-refractivity contribution in [3.63, 3.8) is 0 Å². The van der Waals surface area contributed by atoms with Gasteiger partial charge in [-0.25, -0.2) is 4.68 Å². The standard InChI is InChI=1S/C9H17N5/c1-2-6-10-7-9-11-12-13-14(9)8-4-3-5-8/h8,10H,2-7H2,1H3. The van der Waals surface area contributed by atoms with E-state index in [1.54, 1.807) is 0 Å². The average molecular weight is 195 g/mol. The predicted molar refractivity (Wildman–Crippen MR) is 52.7 cm³/mol. The zero-order valence-corrected chi connectivity index (χ0v) is 8.61. The van der Waals surface area contributed by atoms with E-state index >= 15 is 0 Å². The molecule has 5 nitrogen and oxygen atoms in total. The van der Waals surface area contributed by atoms with Gasteiger partial charge < -0.3 is 5.32 Å². The molecule has 0 aliphatic heterocycles. The summed E-state index contributed by atoms with van der Waals surface area (Å²) in [5.41, 5.74) is 0. The number of aromatic nitrogens is 4. The Labute approximate surface area is 83.9 Å². The summed E-state index contributed by atoms with van der Waals surface area (Å²) in [7, 11) is 0. The number of tetrazole rings is 1. The summed E-state index contributed by atoms with van der Waals surface area (Å²) < 4.78 is 1.98. The molecular formula is C9H17N5. The molecule has 0 atom stereocenters. The first-order chi connectivity index (χ1) is 6.92. The highest BCUT2D eigenvalue weighted by atomic mass is 15.6. The molecule has 1 saturated carbocycles. The van der Waals surface area contributed by atoms with Gasteiger partial charge in [0.2, 0.25) is 0 Å². The molecule has 0 radical (unpaired) electrons. The number of nitrogens with zero attached hydrogens (tertiary/aromatic N) is 4. The van der Waals surface area contributed by atoms with Crippen molar-refractivity contribution in [2.24, 2.45) is 0 Å². The van der Waals surface area contributed by atoms with Crippen LogP contribution in [-0.2, 0) is 6.54 Å². The predicted octanol–water partition coefficient (Wildman–Crippen LogP) is 0.898. The Kier molecular flexibility index (Phi) is 3.08. The zero-order valence-electron chi connectivity index (χ0n) is 8.61. The third-order valence-corrected chi connectivity index (χ3v) is 2.69. The van der Waals surface area contributed by atoms with Crippen LogP contribution in [0.1, 0.15) is 44.5 Å². The molecule has 1 aromatic heterocycles. The Balaban J connectivity index is 1.91. The summed E-state index contributed by atoms with van der Waals surface area (Å²) >= 11 is 0. The molecule has 0 unspecified atom stereocenters. The maximum absolute atomic E-state index is 4.03. The molecule has 14 heavy (non-hydrogen) atoms. The average Bonchev–Trinajstić information content (AvgIpc) is 2.51. The van der Waals surface area contributed by atoms with Crippen LogP contribution in [0.3, 0.4) is 0 Å². The minimum atomic E-state index is 0.559. The maximum Gasteiger partial charge on any atom is 0.165 e. The van der Waals surface area contributed by atoms with Gasteiger partial charge in [-0.1, -0.05) is 6.92 Å². The van der Waals surface area contributed by atoms with E-state index in [2.05, 4.69) is 27.8 Å². The molecule has 1 heterocycles. The van der Waals surface area contributed by atoms with E-state index in [0.29, 0.717) is 6.04 Å². The second kappa shape index (κ2) is 4.50.